The number of rotatable bonds is 5. The molecule has 4 aromatic carbocycles. The lowest BCUT2D eigenvalue weighted by Crippen LogP contribution is -2.06. The van der Waals surface area contributed by atoms with Crippen LogP contribution in [0.1, 0.15) is 0 Å². The molecule has 210 valence electrons. The SMILES string of the molecule is Nc1c(-c2c(N)c3ccccc3n2-c2ccc(-c3ccccc3)nc2)n(-c2ccc(-c3ccccc3)nc2)c2ccccc12. The molecule has 0 aliphatic carbocycles. The average Bonchev–Trinajstić information content (AvgIpc) is 3.55. The maximum atomic E-state index is 7.04. The van der Waals surface area contributed by atoms with Crippen molar-refractivity contribution in [3.05, 3.63) is 146 Å². The van der Waals surface area contributed by atoms with Crippen molar-refractivity contribution in [3.63, 3.8) is 0 Å². The summed E-state index contributed by atoms with van der Waals surface area (Å²) in [4.78, 5) is 9.70. The van der Waals surface area contributed by atoms with Crippen molar-refractivity contribution in [2.75, 3.05) is 11.5 Å². The highest BCUT2D eigenvalue weighted by Crippen LogP contribution is 2.45. The number of anilines is 2. The summed E-state index contributed by atoms with van der Waals surface area (Å²) >= 11 is 0. The van der Waals surface area contributed by atoms with Crippen LogP contribution in [0, 0.1) is 0 Å². The summed E-state index contributed by atoms with van der Waals surface area (Å²) in [5, 5.41) is 1.90. The maximum Gasteiger partial charge on any atom is 0.0964 e. The Morgan fingerprint density at radius 2 is 0.795 bits per heavy atom. The Bertz CT molecular complexity index is 2100. The minimum absolute atomic E-state index is 0.650. The molecule has 6 heteroatoms. The van der Waals surface area contributed by atoms with Crippen LogP contribution >= 0.6 is 0 Å². The lowest BCUT2D eigenvalue weighted by Gasteiger charge is -2.16. The normalized spacial score (nSPS) is 11.4. The van der Waals surface area contributed by atoms with Crippen LogP contribution < -0.4 is 11.5 Å². The van der Waals surface area contributed by atoms with Gasteiger partial charge in [0.1, 0.15) is 0 Å². The number of nitrogens with two attached hydrogens (primary N) is 2. The lowest BCUT2D eigenvalue weighted by atomic mass is 10.1. The van der Waals surface area contributed by atoms with E-state index in [1.165, 1.54) is 0 Å². The molecule has 0 fully saturated rings. The van der Waals surface area contributed by atoms with Gasteiger partial charge >= 0.3 is 0 Å². The van der Waals surface area contributed by atoms with E-state index in [0.717, 1.165) is 67.1 Å². The van der Waals surface area contributed by atoms with Crippen molar-refractivity contribution in [2.45, 2.75) is 0 Å². The second-order valence-electron chi connectivity index (χ2n) is 10.8. The number of fused-ring (bicyclic) bond motifs is 2. The zero-order valence-corrected chi connectivity index (χ0v) is 23.8. The van der Waals surface area contributed by atoms with Gasteiger partial charge in [-0.3, -0.25) is 9.97 Å². The van der Waals surface area contributed by atoms with Crippen LogP contribution in [0.4, 0.5) is 11.4 Å². The molecule has 0 spiro atoms. The van der Waals surface area contributed by atoms with Crippen molar-refractivity contribution in [3.8, 4) is 45.3 Å². The Balaban J connectivity index is 1.38. The van der Waals surface area contributed by atoms with Crippen LogP contribution in [0.5, 0.6) is 0 Å². The number of aromatic nitrogens is 4. The summed E-state index contributed by atoms with van der Waals surface area (Å²) in [7, 11) is 0. The van der Waals surface area contributed by atoms with Gasteiger partial charge in [0.05, 0.1) is 69.0 Å². The number of para-hydroxylation sites is 2. The van der Waals surface area contributed by atoms with Gasteiger partial charge in [-0.05, 0) is 36.4 Å². The van der Waals surface area contributed by atoms with E-state index in [0.29, 0.717) is 11.4 Å². The van der Waals surface area contributed by atoms with Gasteiger partial charge in [0.15, 0.2) is 0 Å². The molecule has 8 rings (SSSR count). The summed E-state index contributed by atoms with van der Waals surface area (Å²) < 4.78 is 4.33. The van der Waals surface area contributed by atoms with Crippen LogP contribution in [0.25, 0.3) is 67.1 Å². The molecule has 8 aromatic rings. The van der Waals surface area contributed by atoms with Crippen LogP contribution in [0.2, 0.25) is 0 Å². The molecule has 0 atom stereocenters. The molecule has 4 N–H and O–H groups in total. The van der Waals surface area contributed by atoms with Crippen LogP contribution in [-0.2, 0) is 0 Å². The monoisotopic (exact) mass is 568 g/mol. The molecule has 0 saturated carbocycles. The maximum absolute atomic E-state index is 7.04. The first kappa shape index (κ1) is 25.6. The third-order valence-corrected chi connectivity index (χ3v) is 8.20. The first-order valence-electron chi connectivity index (χ1n) is 14.5. The molecule has 0 radical (unpaired) electrons. The van der Waals surface area contributed by atoms with Gasteiger partial charge in [0.2, 0.25) is 0 Å². The van der Waals surface area contributed by atoms with Gasteiger partial charge in [-0.1, -0.05) is 97.1 Å². The van der Waals surface area contributed by atoms with Crippen molar-refractivity contribution < 1.29 is 0 Å². The largest absolute Gasteiger partial charge is 0.396 e. The fourth-order valence-corrected chi connectivity index (χ4v) is 6.13. The van der Waals surface area contributed by atoms with Gasteiger partial charge in [0, 0.05) is 21.9 Å². The van der Waals surface area contributed by atoms with E-state index in [1.807, 2.05) is 85.2 Å². The van der Waals surface area contributed by atoms with E-state index in [1.54, 1.807) is 0 Å². The molecule has 0 aliphatic rings. The summed E-state index contributed by atoms with van der Waals surface area (Å²) in [5.41, 5.74) is 24.7. The minimum Gasteiger partial charge on any atom is -0.396 e. The van der Waals surface area contributed by atoms with Crippen molar-refractivity contribution in [1.82, 2.24) is 19.1 Å². The Morgan fingerprint density at radius 1 is 0.409 bits per heavy atom. The first-order valence-corrected chi connectivity index (χ1v) is 14.5. The third kappa shape index (κ3) is 4.04. The second-order valence-corrected chi connectivity index (χ2v) is 10.8. The highest BCUT2D eigenvalue weighted by atomic mass is 15.1. The summed E-state index contributed by atoms with van der Waals surface area (Å²) in [6.07, 6.45) is 3.80. The quantitative estimate of drug-likeness (QED) is 0.218. The van der Waals surface area contributed by atoms with Crippen LogP contribution in [0.15, 0.2) is 146 Å². The van der Waals surface area contributed by atoms with E-state index < -0.39 is 0 Å². The zero-order valence-electron chi connectivity index (χ0n) is 23.8. The lowest BCUT2D eigenvalue weighted by molar-refractivity contribution is 1.05. The van der Waals surface area contributed by atoms with Gasteiger partial charge in [-0.2, -0.15) is 0 Å². The molecule has 6 nitrogen and oxygen atoms in total. The molecule has 0 bridgehead atoms. The number of pyridine rings is 2. The summed E-state index contributed by atoms with van der Waals surface area (Å²) in [6.45, 7) is 0. The highest BCUT2D eigenvalue weighted by Gasteiger charge is 2.26. The molecule has 0 amide bonds. The molecule has 4 heterocycles. The standard InChI is InChI=1S/C38H28N6/c39-35-29-15-7-9-17-33(29)43(27-19-21-31(41-23-27)25-11-3-1-4-12-25)37(35)38-36(40)30-16-8-10-18-34(30)44(38)28-20-22-32(42-24-28)26-13-5-2-6-14-26/h1-24H,39-40H2. The Kier molecular flexibility index (Phi) is 5.98. The van der Waals surface area contributed by atoms with E-state index in [9.17, 15) is 0 Å². The summed E-state index contributed by atoms with van der Waals surface area (Å²) in [6, 6.07) is 44.9. The molecular formula is C38H28N6. The first-order chi connectivity index (χ1) is 21.7. The topological polar surface area (TPSA) is 87.7 Å². The Hall–Kier alpha value is -6.14. The van der Waals surface area contributed by atoms with Crippen molar-refractivity contribution in [2.24, 2.45) is 0 Å². The average molecular weight is 569 g/mol. The zero-order chi connectivity index (χ0) is 29.6. The molecule has 0 saturated heterocycles. The number of benzene rings is 4. The van der Waals surface area contributed by atoms with E-state index in [-0.39, 0.29) is 0 Å². The van der Waals surface area contributed by atoms with E-state index >= 15 is 0 Å². The highest BCUT2D eigenvalue weighted by molar-refractivity contribution is 6.09. The molecular weight excluding hydrogens is 540 g/mol. The van der Waals surface area contributed by atoms with Gasteiger partial charge in [-0.25, -0.2) is 0 Å². The molecule has 0 unspecified atom stereocenters. The molecule has 44 heavy (non-hydrogen) atoms. The molecule has 4 aromatic heterocycles. The number of nitrogen functional groups attached to an aromatic ring is 2. The minimum atomic E-state index is 0.650. The molecule has 0 aliphatic heterocycles. The predicted molar refractivity (Wildman–Crippen MR) is 181 cm³/mol. The summed E-state index contributed by atoms with van der Waals surface area (Å²) in [5.74, 6) is 0. The number of hydrogen-bond acceptors (Lipinski definition) is 4. The number of nitrogens with zero attached hydrogens (tertiary/aromatic N) is 4. The Morgan fingerprint density at radius 3 is 1.18 bits per heavy atom. The van der Waals surface area contributed by atoms with Gasteiger partial charge in [0.25, 0.3) is 0 Å². The van der Waals surface area contributed by atoms with Crippen LogP contribution in [0.3, 0.4) is 0 Å². The van der Waals surface area contributed by atoms with Crippen molar-refractivity contribution >= 4 is 33.2 Å². The third-order valence-electron chi connectivity index (χ3n) is 8.20. The predicted octanol–water partition coefficient (Wildman–Crippen LogP) is 8.53. The number of hydrogen-bond donors (Lipinski definition) is 2. The fraction of sp³-hybridized carbons (Fsp3) is 0. The van der Waals surface area contributed by atoms with Crippen molar-refractivity contribution in [1.29, 1.82) is 0 Å². The van der Waals surface area contributed by atoms with Gasteiger partial charge in [-0.15, -0.1) is 0 Å². The van der Waals surface area contributed by atoms with E-state index in [4.69, 9.17) is 21.4 Å². The fourth-order valence-electron chi connectivity index (χ4n) is 6.13. The second kappa shape index (κ2) is 10.3. The van der Waals surface area contributed by atoms with Crippen LogP contribution in [-0.4, -0.2) is 19.1 Å². The smallest absolute Gasteiger partial charge is 0.0964 e. The van der Waals surface area contributed by atoms with E-state index in [2.05, 4.69) is 69.8 Å². The van der Waals surface area contributed by atoms with Gasteiger partial charge < -0.3 is 20.6 Å². The Labute approximate surface area is 254 Å².